The Morgan fingerprint density at radius 1 is 1.04 bits per heavy atom. The number of nitrogens with zero attached hydrogens (tertiary/aromatic N) is 1. The van der Waals surface area contributed by atoms with E-state index in [0.29, 0.717) is 10.0 Å². The monoisotopic (exact) mass is 362 g/mol. The maximum absolute atomic E-state index is 6.16. The van der Waals surface area contributed by atoms with Gasteiger partial charge in [-0.2, -0.15) is 0 Å². The number of thiazole rings is 1. The van der Waals surface area contributed by atoms with Crippen molar-refractivity contribution in [3.8, 4) is 11.3 Å². The molecule has 0 fully saturated rings. The van der Waals surface area contributed by atoms with E-state index in [2.05, 4.69) is 12.2 Å². The molecule has 3 rings (SSSR count). The smallest absolute Gasteiger partial charge is 0.187 e. The zero-order valence-corrected chi connectivity index (χ0v) is 15.0. The Morgan fingerprint density at radius 2 is 1.83 bits per heavy atom. The molecular weight excluding hydrogens is 347 g/mol. The summed E-state index contributed by atoms with van der Waals surface area (Å²) in [6, 6.07) is 15.7. The summed E-state index contributed by atoms with van der Waals surface area (Å²) in [4.78, 5) is 6.02. The maximum Gasteiger partial charge on any atom is 0.187 e. The number of aromatic nitrogens is 1. The van der Waals surface area contributed by atoms with Crippen LogP contribution in [0.2, 0.25) is 10.0 Å². The van der Waals surface area contributed by atoms with Gasteiger partial charge in [0.05, 0.1) is 15.7 Å². The molecule has 1 heterocycles. The van der Waals surface area contributed by atoms with Crippen LogP contribution in [0.5, 0.6) is 0 Å². The average Bonchev–Trinajstić information content (AvgIpc) is 2.94. The zero-order valence-electron chi connectivity index (χ0n) is 12.6. The van der Waals surface area contributed by atoms with Crippen molar-refractivity contribution in [1.82, 2.24) is 4.98 Å². The van der Waals surface area contributed by atoms with Gasteiger partial charge >= 0.3 is 0 Å². The van der Waals surface area contributed by atoms with Gasteiger partial charge in [0.1, 0.15) is 0 Å². The minimum atomic E-state index is 0.553. The van der Waals surface area contributed by atoms with E-state index in [1.165, 1.54) is 4.88 Å². The molecule has 1 aromatic heterocycles. The predicted molar refractivity (Wildman–Crippen MR) is 101 cm³/mol. The van der Waals surface area contributed by atoms with Gasteiger partial charge < -0.3 is 5.32 Å². The number of hydrogen-bond donors (Lipinski definition) is 1. The molecule has 0 amide bonds. The van der Waals surface area contributed by atoms with Crippen molar-refractivity contribution in [2.45, 2.75) is 19.8 Å². The van der Waals surface area contributed by atoms with Crippen molar-refractivity contribution in [3.63, 3.8) is 0 Å². The fourth-order valence-electron chi connectivity index (χ4n) is 2.32. The molecule has 2 aromatic carbocycles. The molecule has 0 atom stereocenters. The zero-order chi connectivity index (χ0) is 16.2. The first-order valence-electron chi connectivity index (χ1n) is 7.44. The maximum atomic E-state index is 6.16. The van der Waals surface area contributed by atoms with Crippen molar-refractivity contribution in [3.05, 3.63) is 63.5 Å². The van der Waals surface area contributed by atoms with Gasteiger partial charge in [0, 0.05) is 16.1 Å². The highest BCUT2D eigenvalue weighted by atomic mass is 35.5. The van der Waals surface area contributed by atoms with E-state index in [1.54, 1.807) is 11.3 Å². The molecule has 0 aliphatic heterocycles. The first kappa shape index (κ1) is 16.3. The molecule has 0 saturated carbocycles. The summed E-state index contributed by atoms with van der Waals surface area (Å²) >= 11 is 13.9. The van der Waals surface area contributed by atoms with Crippen LogP contribution in [-0.2, 0) is 6.42 Å². The van der Waals surface area contributed by atoms with Crippen LogP contribution in [0, 0.1) is 0 Å². The lowest BCUT2D eigenvalue weighted by molar-refractivity contribution is 0.938. The molecule has 3 aromatic rings. The lowest BCUT2D eigenvalue weighted by Crippen LogP contribution is -1.89. The summed E-state index contributed by atoms with van der Waals surface area (Å²) in [6.07, 6.45) is 2.06. The van der Waals surface area contributed by atoms with Gasteiger partial charge in [0.25, 0.3) is 0 Å². The number of rotatable bonds is 5. The lowest BCUT2D eigenvalue weighted by Gasteiger charge is -2.03. The van der Waals surface area contributed by atoms with Gasteiger partial charge in [0.15, 0.2) is 5.13 Å². The number of benzene rings is 2. The van der Waals surface area contributed by atoms with Gasteiger partial charge in [-0.25, -0.2) is 4.98 Å². The Bertz CT molecular complexity index is 800. The summed E-state index contributed by atoms with van der Waals surface area (Å²) in [5.41, 5.74) is 3.01. The van der Waals surface area contributed by atoms with Gasteiger partial charge in [-0.15, -0.1) is 11.3 Å². The number of anilines is 2. The summed E-state index contributed by atoms with van der Waals surface area (Å²) in [5.74, 6) is 0. The van der Waals surface area contributed by atoms with E-state index in [0.717, 1.165) is 34.9 Å². The number of para-hydroxylation sites is 1. The molecule has 23 heavy (non-hydrogen) atoms. The highest BCUT2D eigenvalue weighted by Gasteiger charge is 2.14. The van der Waals surface area contributed by atoms with Crippen LogP contribution >= 0.6 is 34.5 Å². The summed E-state index contributed by atoms with van der Waals surface area (Å²) in [7, 11) is 0. The minimum absolute atomic E-state index is 0.553. The molecule has 0 spiro atoms. The summed E-state index contributed by atoms with van der Waals surface area (Å²) < 4.78 is 0. The number of aryl methyl sites for hydroxylation is 1. The van der Waals surface area contributed by atoms with E-state index in [1.807, 2.05) is 48.5 Å². The van der Waals surface area contributed by atoms with E-state index in [-0.39, 0.29) is 0 Å². The molecule has 0 aliphatic rings. The van der Waals surface area contributed by atoms with Crippen molar-refractivity contribution >= 4 is 45.4 Å². The molecule has 0 radical (unpaired) electrons. The van der Waals surface area contributed by atoms with Gasteiger partial charge in [-0.3, -0.25) is 0 Å². The molecule has 1 N–H and O–H groups in total. The molecule has 118 valence electrons. The molecule has 0 saturated heterocycles. The first-order valence-corrected chi connectivity index (χ1v) is 9.02. The second-order valence-corrected chi connectivity index (χ2v) is 7.06. The predicted octanol–water partition coefficient (Wildman–Crippen LogP) is 6.81. The van der Waals surface area contributed by atoms with Crippen molar-refractivity contribution in [2.24, 2.45) is 0 Å². The topological polar surface area (TPSA) is 24.9 Å². The van der Waals surface area contributed by atoms with Crippen LogP contribution in [0.4, 0.5) is 10.8 Å². The van der Waals surface area contributed by atoms with Crippen molar-refractivity contribution < 1.29 is 0 Å². The van der Waals surface area contributed by atoms with E-state index in [9.17, 15) is 0 Å². The van der Waals surface area contributed by atoms with E-state index >= 15 is 0 Å². The average molecular weight is 363 g/mol. The van der Waals surface area contributed by atoms with Crippen LogP contribution in [0.15, 0.2) is 48.5 Å². The van der Waals surface area contributed by atoms with Crippen LogP contribution in [0.3, 0.4) is 0 Å². The normalized spacial score (nSPS) is 10.7. The SMILES string of the molecule is CCCc1sc(Nc2ccccc2)nc1-c1ccc(Cl)c(Cl)c1. The molecular formula is C18H16Cl2N2S. The van der Waals surface area contributed by atoms with E-state index < -0.39 is 0 Å². The third kappa shape index (κ3) is 3.86. The fraction of sp³-hybridized carbons (Fsp3) is 0.167. The molecule has 2 nitrogen and oxygen atoms in total. The Hall–Kier alpha value is -1.55. The number of nitrogens with one attached hydrogen (secondary N) is 1. The highest BCUT2D eigenvalue weighted by molar-refractivity contribution is 7.16. The van der Waals surface area contributed by atoms with Crippen LogP contribution in [0.1, 0.15) is 18.2 Å². The Kier molecular flexibility index (Phi) is 5.21. The van der Waals surface area contributed by atoms with Crippen molar-refractivity contribution in [1.29, 1.82) is 0 Å². The number of hydrogen-bond acceptors (Lipinski definition) is 3. The van der Waals surface area contributed by atoms with Crippen molar-refractivity contribution in [2.75, 3.05) is 5.32 Å². The Labute approximate surface area is 150 Å². The third-order valence-electron chi connectivity index (χ3n) is 3.39. The standard InChI is InChI=1S/C18H16Cl2N2S/c1-2-6-16-17(12-9-10-14(19)15(20)11-12)22-18(23-16)21-13-7-4-3-5-8-13/h3-5,7-11H,2,6H2,1H3,(H,21,22). The summed E-state index contributed by atoms with van der Waals surface area (Å²) in [5, 5.41) is 5.37. The van der Waals surface area contributed by atoms with Gasteiger partial charge in [0.2, 0.25) is 0 Å². The minimum Gasteiger partial charge on any atom is -0.332 e. The number of halogens is 2. The molecule has 0 bridgehead atoms. The van der Waals surface area contributed by atoms with Crippen LogP contribution < -0.4 is 5.32 Å². The fourth-order valence-corrected chi connectivity index (χ4v) is 3.72. The van der Waals surface area contributed by atoms with E-state index in [4.69, 9.17) is 28.2 Å². The Morgan fingerprint density at radius 3 is 2.52 bits per heavy atom. The quantitative estimate of drug-likeness (QED) is 0.538. The first-order chi connectivity index (χ1) is 11.2. The molecule has 0 unspecified atom stereocenters. The highest BCUT2D eigenvalue weighted by Crippen LogP contribution is 2.36. The van der Waals surface area contributed by atoms with Gasteiger partial charge in [-0.1, -0.05) is 60.8 Å². The second-order valence-electron chi connectivity index (χ2n) is 5.16. The van der Waals surface area contributed by atoms with Crippen LogP contribution in [-0.4, -0.2) is 4.98 Å². The summed E-state index contributed by atoms with van der Waals surface area (Å²) in [6.45, 7) is 2.17. The third-order valence-corrected chi connectivity index (χ3v) is 5.16. The van der Waals surface area contributed by atoms with Gasteiger partial charge in [-0.05, 0) is 30.7 Å². The lowest BCUT2D eigenvalue weighted by atomic mass is 10.1. The molecule has 0 aliphatic carbocycles. The second kappa shape index (κ2) is 7.35. The van der Waals surface area contributed by atoms with Crippen LogP contribution in [0.25, 0.3) is 11.3 Å². The largest absolute Gasteiger partial charge is 0.332 e. The molecule has 5 heteroatoms. The Balaban J connectivity index is 1.96.